The number of halogens is 3. The lowest BCUT2D eigenvalue weighted by Gasteiger charge is -2.26. The average molecular weight is 338 g/mol. The van der Waals surface area contributed by atoms with Gasteiger partial charge in [-0.3, -0.25) is 4.79 Å². The number of primary sulfonamides is 1. The van der Waals surface area contributed by atoms with Gasteiger partial charge in [0, 0.05) is 5.56 Å². The summed E-state index contributed by atoms with van der Waals surface area (Å²) in [5, 5.41) is 6.84. The van der Waals surface area contributed by atoms with Gasteiger partial charge < -0.3 is 5.32 Å². The van der Waals surface area contributed by atoms with Crippen LogP contribution in [0.2, 0.25) is 0 Å². The molecule has 1 aromatic carbocycles. The lowest BCUT2D eigenvalue weighted by molar-refractivity contribution is -0.164. The maximum atomic E-state index is 12.9. The van der Waals surface area contributed by atoms with Gasteiger partial charge in [-0.2, -0.15) is 13.2 Å². The minimum Gasteiger partial charge on any atom is -0.340 e. The lowest BCUT2D eigenvalue weighted by atomic mass is 9.98. The van der Waals surface area contributed by atoms with Gasteiger partial charge in [-0.1, -0.05) is 20.3 Å². The Bertz CT molecular complexity index is 627. The van der Waals surface area contributed by atoms with Crippen molar-refractivity contribution in [3.05, 3.63) is 29.8 Å². The van der Waals surface area contributed by atoms with Crippen LogP contribution < -0.4 is 10.5 Å². The Morgan fingerprint density at radius 2 is 1.77 bits per heavy atom. The molecule has 2 atom stereocenters. The predicted octanol–water partition coefficient (Wildman–Crippen LogP) is 2.04. The van der Waals surface area contributed by atoms with Crippen LogP contribution in [0.4, 0.5) is 13.2 Å². The van der Waals surface area contributed by atoms with Crippen molar-refractivity contribution >= 4 is 15.9 Å². The molecule has 124 valence electrons. The van der Waals surface area contributed by atoms with Gasteiger partial charge in [0.1, 0.15) is 6.04 Å². The van der Waals surface area contributed by atoms with Gasteiger partial charge >= 0.3 is 6.18 Å². The van der Waals surface area contributed by atoms with Crippen LogP contribution in [-0.2, 0) is 10.0 Å². The van der Waals surface area contributed by atoms with Crippen molar-refractivity contribution in [1.29, 1.82) is 0 Å². The summed E-state index contributed by atoms with van der Waals surface area (Å²) >= 11 is 0. The van der Waals surface area contributed by atoms with Crippen LogP contribution in [0.25, 0.3) is 0 Å². The molecule has 0 aliphatic carbocycles. The molecule has 9 heteroatoms. The molecule has 0 heterocycles. The van der Waals surface area contributed by atoms with Gasteiger partial charge in [0.15, 0.2) is 0 Å². The number of sulfonamides is 1. The number of alkyl halides is 3. The van der Waals surface area contributed by atoms with Crippen molar-refractivity contribution in [2.45, 2.75) is 37.4 Å². The van der Waals surface area contributed by atoms with Crippen LogP contribution in [0, 0.1) is 5.92 Å². The lowest BCUT2D eigenvalue weighted by Crippen LogP contribution is -2.49. The summed E-state index contributed by atoms with van der Waals surface area (Å²) in [6.07, 6.45) is -4.32. The van der Waals surface area contributed by atoms with Crippen molar-refractivity contribution < 1.29 is 26.4 Å². The van der Waals surface area contributed by atoms with Crippen LogP contribution in [0.5, 0.6) is 0 Å². The fourth-order valence-electron chi connectivity index (χ4n) is 1.80. The second kappa shape index (κ2) is 6.66. The molecule has 0 aliphatic rings. The first-order valence-electron chi connectivity index (χ1n) is 6.47. The second-order valence-corrected chi connectivity index (χ2v) is 6.51. The van der Waals surface area contributed by atoms with E-state index in [0.29, 0.717) is 0 Å². The molecule has 5 nitrogen and oxygen atoms in total. The average Bonchev–Trinajstić information content (AvgIpc) is 2.41. The van der Waals surface area contributed by atoms with Crippen molar-refractivity contribution in [1.82, 2.24) is 5.32 Å². The third-order valence-electron chi connectivity index (χ3n) is 3.30. The summed E-state index contributed by atoms with van der Waals surface area (Å²) in [5.74, 6) is -1.71. The summed E-state index contributed by atoms with van der Waals surface area (Å²) in [6.45, 7) is 2.99. The number of carbonyl (C=O) groups is 1. The van der Waals surface area contributed by atoms with Crippen molar-refractivity contribution in [3.8, 4) is 0 Å². The Morgan fingerprint density at radius 3 is 2.14 bits per heavy atom. The van der Waals surface area contributed by atoms with Gasteiger partial charge in [-0.15, -0.1) is 0 Å². The zero-order valence-electron chi connectivity index (χ0n) is 12.0. The Kier molecular flexibility index (Phi) is 5.58. The molecule has 0 aromatic heterocycles. The van der Waals surface area contributed by atoms with E-state index in [-0.39, 0.29) is 16.9 Å². The number of amides is 1. The van der Waals surface area contributed by atoms with E-state index in [9.17, 15) is 26.4 Å². The molecule has 0 radical (unpaired) electrons. The highest BCUT2D eigenvalue weighted by atomic mass is 32.2. The highest BCUT2D eigenvalue weighted by Crippen LogP contribution is 2.27. The number of hydrogen-bond donors (Lipinski definition) is 2. The van der Waals surface area contributed by atoms with E-state index in [1.54, 1.807) is 6.92 Å². The van der Waals surface area contributed by atoms with E-state index in [1.807, 2.05) is 5.32 Å². The molecule has 0 saturated carbocycles. The van der Waals surface area contributed by atoms with Crippen LogP contribution in [0.3, 0.4) is 0 Å². The predicted molar refractivity (Wildman–Crippen MR) is 74.6 cm³/mol. The molecular weight excluding hydrogens is 321 g/mol. The molecule has 0 fully saturated rings. The molecule has 1 amide bonds. The molecule has 0 spiro atoms. The fraction of sp³-hybridized carbons (Fsp3) is 0.462. The molecule has 0 aliphatic heterocycles. The quantitative estimate of drug-likeness (QED) is 0.861. The molecule has 0 bridgehead atoms. The molecular formula is C13H17F3N2O3S. The highest BCUT2D eigenvalue weighted by Gasteiger charge is 2.43. The van der Waals surface area contributed by atoms with Crippen LogP contribution in [0.1, 0.15) is 30.6 Å². The molecule has 1 aromatic rings. The number of nitrogens with one attached hydrogen (secondary N) is 1. The number of carbonyl (C=O) groups excluding carboxylic acids is 1. The van der Waals surface area contributed by atoms with Gasteiger partial charge in [-0.05, 0) is 30.2 Å². The van der Waals surface area contributed by atoms with Gasteiger partial charge in [0.05, 0.1) is 4.90 Å². The highest BCUT2D eigenvalue weighted by molar-refractivity contribution is 7.89. The van der Waals surface area contributed by atoms with E-state index in [4.69, 9.17) is 5.14 Å². The van der Waals surface area contributed by atoms with Crippen molar-refractivity contribution in [3.63, 3.8) is 0 Å². The van der Waals surface area contributed by atoms with Gasteiger partial charge in [0.2, 0.25) is 10.0 Å². The number of nitrogens with two attached hydrogens (primary N) is 1. The van der Waals surface area contributed by atoms with E-state index >= 15 is 0 Å². The maximum absolute atomic E-state index is 12.9. The summed E-state index contributed by atoms with van der Waals surface area (Å²) in [4.78, 5) is 11.7. The van der Waals surface area contributed by atoms with E-state index in [2.05, 4.69) is 0 Å². The van der Waals surface area contributed by atoms with E-state index in [1.165, 1.54) is 6.92 Å². The molecule has 3 N–H and O–H groups in total. The third-order valence-corrected chi connectivity index (χ3v) is 4.23. The summed E-state index contributed by atoms with van der Waals surface area (Å²) in [6, 6.07) is 2.38. The summed E-state index contributed by atoms with van der Waals surface area (Å²) in [7, 11) is -3.92. The Hall–Kier alpha value is -1.61. The first-order chi connectivity index (χ1) is 9.96. The summed E-state index contributed by atoms with van der Waals surface area (Å²) < 4.78 is 61.0. The first kappa shape index (κ1) is 18.4. The minimum atomic E-state index is -4.56. The fourth-order valence-corrected chi connectivity index (χ4v) is 2.32. The third kappa shape index (κ3) is 4.70. The standard InChI is InChI=1S/C13H17F3N2O3S/c1-3-8(2)11(13(14,15)16)18-12(19)9-4-6-10(7-5-9)22(17,20)21/h4-8,11H,3H2,1-2H3,(H,18,19)(H2,17,20,21)/t8-,11-/m0/s1. The van der Waals surface area contributed by atoms with E-state index < -0.39 is 34.1 Å². The van der Waals surface area contributed by atoms with Gasteiger partial charge in [0.25, 0.3) is 5.91 Å². The van der Waals surface area contributed by atoms with Crippen molar-refractivity contribution in [2.24, 2.45) is 11.1 Å². The monoisotopic (exact) mass is 338 g/mol. The molecule has 22 heavy (non-hydrogen) atoms. The van der Waals surface area contributed by atoms with Crippen molar-refractivity contribution in [2.75, 3.05) is 0 Å². The second-order valence-electron chi connectivity index (χ2n) is 4.95. The minimum absolute atomic E-state index is 0.0787. The molecule has 0 saturated heterocycles. The Labute approximate surface area is 126 Å². The largest absolute Gasteiger partial charge is 0.408 e. The van der Waals surface area contributed by atoms with E-state index in [0.717, 1.165) is 24.3 Å². The Balaban J connectivity index is 2.96. The van der Waals surface area contributed by atoms with Gasteiger partial charge in [-0.25, -0.2) is 13.6 Å². The number of hydrogen-bond acceptors (Lipinski definition) is 3. The normalized spacial score (nSPS) is 15.2. The SMILES string of the molecule is CC[C@H](C)[C@H](NC(=O)c1ccc(S(N)(=O)=O)cc1)C(F)(F)F. The van der Waals surface area contributed by atoms with Crippen LogP contribution in [-0.4, -0.2) is 26.5 Å². The summed E-state index contributed by atoms with van der Waals surface area (Å²) in [5.41, 5.74) is -0.0787. The Morgan fingerprint density at radius 1 is 1.27 bits per heavy atom. The number of benzene rings is 1. The zero-order chi connectivity index (χ0) is 17.1. The topological polar surface area (TPSA) is 89.3 Å². The smallest absolute Gasteiger partial charge is 0.340 e. The van der Waals surface area contributed by atoms with Crippen LogP contribution >= 0.6 is 0 Å². The number of rotatable bonds is 5. The van der Waals surface area contributed by atoms with Crippen LogP contribution in [0.15, 0.2) is 29.2 Å². The zero-order valence-corrected chi connectivity index (χ0v) is 12.8. The maximum Gasteiger partial charge on any atom is 0.408 e. The molecule has 0 unspecified atom stereocenters. The first-order valence-corrected chi connectivity index (χ1v) is 8.02. The molecule has 1 rings (SSSR count).